The van der Waals surface area contributed by atoms with Gasteiger partial charge in [-0.2, -0.15) is 0 Å². The molecule has 5 nitrogen and oxygen atoms in total. The monoisotopic (exact) mass is 316 g/mol. The summed E-state index contributed by atoms with van der Waals surface area (Å²) in [6, 6.07) is 7.88. The first kappa shape index (κ1) is 17.1. The number of hydrogen-bond donors (Lipinski definition) is 1. The Hall–Kier alpha value is -2.30. The quantitative estimate of drug-likeness (QED) is 0.532. The molecule has 0 saturated heterocycles. The van der Waals surface area contributed by atoms with Gasteiger partial charge in [0.25, 0.3) is 0 Å². The highest BCUT2D eigenvalue weighted by atomic mass is 16.5. The number of H-pyrrole nitrogens is 1. The largest absolute Gasteiger partial charge is 0.493 e. The van der Waals surface area contributed by atoms with Gasteiger partial charge in [-0.15, -0.1) is 0 Å². The second-order valence-electron chi connectivity index (χ2n) is 5.25. The number of nitrogens with zero attached hydrogens (tertiary/aromatic N) is 1. The second-order valence-corrected chi connectivity index (χ2v) is 5.25. The Kier molecular flexibility index (Phi) is 7.17. The van der Waals surface area contributed by atoms with Crippen LogP contribution in [0, 0.1) is 0 Å². The number of para-hydroxylation sites is 1. The molecule has 0 aliphatic heterocycles. The minimum Gasteiger partial charge on any atom is -0.493 e. The van der Waals surface area contributed by atoms with Crippen molar-refractivity contribution in [3.63, 3.8) is 0 Å². The molecule has 0 fully saturated rings. The summed E-state index contributed by atoms with van der Waals surface area (Å²) >= 11 is 0. The third kappa shape index (κ3) is 5.77. The van der Waals surface area contributed by atoms with Crippen molar-refractivity contribution in [2.45, 2.75) is 39.0 Å². The van der Waals surface area contributed by atoms with Gasteiger partial charge in [0, 0.05) is 18.8 Å². The first-order valence-corrected chi connectivity index (χ1v) is 8.18. The molecular weight excluding hydrogens is 292 g/mol. The molecule has 5 heteroatoms. The van der Waals surface area contributed by atoms with Gasteiger partial charge in [0.2, 0.25) is 0 Å². The highest BCUT2D eigenvalue weighted by molar-refractivity contribution is 5.69. The SMILES string of the molecule is CCOC(=O)CCCCCCOc1ccccc1-c1ncc[nH]1. The van der Waals surface area contributed by atoms with E-state index in [4.69, 9.17) is 9.47 Å². The zero-order valence-electron chi connectivity index (χ0n) is 13.6. The Morgan fingerprint density at radius 3 is 2.78 bits per heavy atom. The van der Waals surface area contributed by atoms with Crippen molar-refractivity contribution < 1.29 is 14.3 Å². The molecule has 0 unspecified atom stereocenters. The molecule has 1 aromatic carbocycles. The maximum atomic E-state index is 11.2. The molecule has 2 rings (SSSR count). The van der Waals surface area contributed by atoms with Crippen LogP contribution in [0.15, 0.2) is 36.7 Å². The molecule has 0 aliphatic rings. The fraction of sp³-hybridized carbons (Fsp3) is 0.444. The highest BCUT2D eigenvalue weighted by Crippen LogP contribution is 2.27. The first-order chi connectivity index (χ1) is 11.3. The molecular formula is C18H24N2O3. The predicted octanol–water partition coefficient (Wildman–Crippen LogP) is 3.97. The summed E-state index contributed by atoms with van der Waals surface area (Å²) in [6.45, 7) is 2.95. The molecule has 1 N–H and O–H groups in total. The highest BCUT2D eigenvalue weighted by Gasteiger charge is 2.07. The van der Waals surface area contributed by atoms with Crippen molar-refractivity contribution in [1.29, 1.82) is 0 Å². The zero-order valence-corrected chi connectivity index (χ0v) is 13.6. The summed E-state index contributed by atoms with van der Waals surface area (Å²) in [5.74, 6) is 1.56. The first-order valence-electron chi connectivity index (χ1n) is 8.18. The smallest absolute Gasteiger partial charge is 0.305 e. The van der Waals surface area contributed by atoms with E-state index in [0.29, 0.717) is 19.6 Å². The van der Waals surface area contributed by atoms with Crippen molar-refractivity contribution >= 4 is 5.97 Å². The van der Waals surface area contributed by atoms with Crippen molar-refractivity contribution in [2.75, 3.05) is 13.2 Å². The van der Waals surface area contributed by atoms with Gasteiger partial charge in [-0.25, -0.2) is 4.98 Å². The number of ether oxygens (including phenoxy) is 2. The molecule has 2 aromatic rings. The van der Waals surface area contributed by atoms with Crippen molar-refractivity contribution in [1.82, 2.24) is 9.97 Å². The number of benzene rings is 1. The molecule has 0 bridgehead atoms. The van der Waals surface area contributed by atoms with Gasteiger partial charge in [-0.1, -0.05) is 25.0 Å². The molecule has 0 atom stereocenters. The molecule has 0 radical (unpaired) electrons. The Balaban J connectivity index is 1.66. The van der Waals surface area contributed by atoms with E-state index in [1.165, 1.54) is 0 Å². The lowest BCUT2D eigenvalue weighted by atomic mass is 10.1. The van der Waals surface area contributed by atoms with Crippen molar-refractivity contribution in [3.05, 3.63) is 36.7 Å². The lowest BCUT2D eigenvalue weighted by Crippen LogP contribution is -2.03. The third-order valence-corrected chi connectivity index (χ3v) is 3.48. The Morgan fingerprint density at radius 1 is 1.17 bits per heavy atom. The number of unbranched alkanes of at least 4 members (excludes halogenated alkanes) is 3. The number of carbonyl (C=O) groups is 1. The Bertz CT molecular complexity index is 582. The standard InChI is InChI=1S/C18H24N2O3/c1-2-22-17(21)11-5-3-4-8-14-23-16-10-7-6-9-15(16)18-19-12-13-20-18/h6-7,9-10,12-13H,2-5,8,11,14H2,1H3,(H,19,20). The molecule has 23 heavy (non-hydrogen) atoms. The minimum atomic E-state index is -0.101. The summed E-state index contributed by atoms with van der Waals surface area (Å²) in [7, 11) is 0. The minimum absolute atomic E-state index is 0.101. The van der Waals surface area contributed by atoms with Gasteiger partial charge in [0.1, 0.15) is 11.6 Å². The number of rotatable bonds is 10. The number of nitrogens with one attached hydrogen (secondary N) is 1. The van der Waals surface area contributed by atoms with Crippen LogP contribution in [-0.2, 0) is 9.53 Å². The van der Waals surface area contributed by atoms with Crippen LogP contribution in [0.25, 0.3) is 11.4 Å². The van der Waals surface area contributed by atoms with Crippen molar-refractivity contribution in [3.8, 4) is 17.1 Å². The second kappa shape index (κ2) is 9.66. The van der Waals surface area contributed by atoms with E-state index in [2.05, 4.69) is 9.97 Å². The van der Waals surface area contributed by atoms with Gasteiger partial charge in [-0.3, -0.25) is 4.79 Å². The van der Waals surface area contributed by atoms with Crippen LogP contribution in [0.1, 0.15) is 39.0 Å². The maximum Gasteiger partial charge on any atom is 0.305 e. The normalized spacial score (nSPS) is 10.5. The maximum absolute atomic E-state index is 11.2. The van der Waals surface area contributed by atoms with E-state index < -0.39 is 0 Å². The summed E-state index contributed by atoms with van der Waals surface area (Å²) in [5, 5.41) is 0. The summed E-state index contributed by atoms with van der Waals surface area (Å²) in [6.07, 6.45) is 7.95. The van der Waals surface area contributed by atoms with Crippen LogP contribution in [-0.4, -0.2) is 29.2 Å². The Labute approximate surface area is 137 Å². The van der Waals surface area contributed by atoms with E-state index in [-0.39, 0.29) is 5.97 Å². The summed E-state index contributed by atoms with van der Waals surface area (Å²) in [5.41, 5.74) is 0.972. The van der Waals surface area contributed by atoms with Gasteiger partial charge in [0.05, 0.1) is 18.8 Å². The van der Waals surface area contributed by atoms with E-state index in [9.17, 15) is 4.79 Å². The van der Waals surface area contributed by atoms with E-state index in [0.717, 1.165) is 42.8 Å². The van der Waals surface area contributed by atoms with E-state index >= 15 is 0 Å². The number of imidazole rings is 1. The lowest BCUT2D eigenvalue weighted by Gasteiger charge is -2.10. The molecule has 1 aromatic heterocycles. The fourth-order valence-corrected chi connectivity index (χ4v) is 2.34. The van der Waals surface area contributed by atoms with Crippen LogP contribution in [0.5, 0.6) is 5.75 Å². The Morgan fingerprint density at radius 2 is 2.00 bits per heavy atom. The van der Waals surface area contributed by atoms with Gasteiger partial charge in [-0.05, 0) is 31.9 Å². The van der Waals surface area contributed by atoms with E-state index in [1.54, 1.807) is 12.4 Å². The topological polar surface area (TPSA) is 64.2 Å². The number of carbonyl (C=O) groups excluding carboxylic acids is 1. The summed E-state index contributed by atoms with van der Waals surface area (Å²) < 4.78 is 10.8. The van der Waals surface area contributed by atoms with Gasteiger partial charge >= 0.3 is 5.97 Å². The molecule has 0 saturated carbocycles. The van der Waals surface area contributed by atoms with Crippen LogP contribution in [0.4, 0.5) is 0 Å². The van der Waals surface area contributed by atoms with Crippen LogP contribution < -0.4 is 4.74 Å². The third-order valence-electron chi connectivity index (χ3n) is 3.48. The molecule has 0 aliphatic carbocycles. The number of aromatic nitrogens is 2. The number of esters is 1. The average molecular weight is 316 g/mol. The van der Waals surface area contributed by atoms with Gasteiger partial charge < -0.3 is 14.5 Å². The van der Waals surface area contributed by atoms with E-state index in [1.807, 2.05) is 31.2 Å². The van der Waals surface area contributed by atoms with Crippen LogP contribution in [0.2, 0.25) is 0 Å². The predicted molar refractivity (Wildman–Crippen MR) is 89.2 cm³/mol. The summed E-state index contributed by atoms with van der Waals surface area (Å²) in [4.78, 5) is 18.6. The number of hydrogen-bond acceptors (Lipinski definition) is 4. The van der Waals surface area contributed by atoms with Gasteiger partial charge in [0.15, 0.2) is 0 Å². The fourth-order valence-electron chi connectivity index (χ4n) is 2.34. The molecule has 1 heterocycles. The zero-order chi connectivity index (χ0) is 16.3. The molecule has 124 valence electrons. The van der Waals surface area contributed by atoms with Crippen LogP contribution >= 0.6 is 0 Å². The number of aromatic amines is 1. The van der Waals surface area contributed by atoms with Crippen molar-refractivity contribution in [2.24, 2.45) is 0 Å². The lowest BCUT2D eigenvalue weighted by molar-refractivity contribution is -0.143. The molecule has 0 spiro atoms. The average Bonchev–Trinajstić information content (AvgIpc) is 3.09. The van der Waals surface area contributed by atoms with Crippen LogP contribution in [0.3, 0.4) is 0 Å². The molecule has 0 amide bonds.